The fourth-order valence-electron chi connectivity index (χ4n) is 2.43. The van der Waals surface area contributed by atoms with Crippen molar-refractivity contribution in [2.45, 2.75) is 32.4 Å². The number of nitrogens with one attached hydrogen (secondary N) is 1. The van der Waals surface area contributed by atoms with Gasteiger partial charge in [0.2, 0.25) is 5.91 Å². The van der Waals surface area contributed by atoms with Gasteiger partial charge in [-0.15, -0.1) is 0 Å². The van der Waals surface area contributed by atoms with Gasteiger partial charge in [-0.05, 0) is 43.5 Å². The molecule has 1 aromatic carbocycles. The fourth-order valence-corrected chi connectivity index (χ4v) is 2.63. The maximum atomic E-state index is 12.3. The van der Waals surface area contributed by atoms with E-state index in [0.717, 1.165) is 35.7 Å². The van der Waals surface area contributed by atoms with Gasteiger partial charge in [0.15, 0.2) is 0 Å². The van der Waals surface area contributed by atoms with Crippen molar-refractivity contribution in [2.24, 2.45) is 5.92 Å². The van der Waals surface area contributed by atoms with Crippen LogP contribution in [0.3, 0.4) is 0 Å². The summed E-state index contributed by atoms with van der Waals surface area (Å²) in [6, 6.07) is 6.06. The van der Waals surface area contributed by atoms with Crippen LogP contribution in [0.4, 0.5) is 5.69 Å². The monoisotopic (exact) mass is 264 g/mol. The minimum atomic E-state index is 0.226. The number of benzene rings is 1. The molecular formula is C14H17ClN2O. The summed E-state index contributed by atoms with van der Waals surface area (Å²) in [4.78, 5) is 14.3. The summed E-state index contributed by atoms with van der Waals surface area (Å²) in [6.07, 6.45) is 2.11. The van der Waals surface area contributed by atoms with Crippen molar-refractivity contribution in [2.75, 3.05) is 11.9 Å². The predicted octanol–water partition coefficient (Wildman–Crippen LogP) is 2.89. The maximum Gasteiger partial charge on any atom is 0.226 e. The van der Waals surface area contributed by atoms with Gasteiger partial charge in [0.1, 0.15) is 0 Å². The van der Waals surface area contributed by atoms with Crippen molar-refractivity contribution in [3.05, 3.63) is 28.8 Å². The molecule has 1 aromatic rings. The molecule has 1 aliphatic heterocycles. The molecular weight excluding hydrogens is 248 g/mol. The van der Waals surface area contributed by atoms with Gasteiger partial charge in [0, 0.05) is 35.8 Å². The first-order valence-corrected chi connectivity index (χ1v) is 6.86. The second kappa shape index (κ2) is 4.47. The van der Waals surface area contributed by atoms with E-state index >= 15 is 0 Å². The second-order valence-corrected chi connectivity index (χ2v) is 5.71. The van der Waals surface area contributed by atoms with Gasteiger partial charge in [-0.3, -0.25) is 4.79 Å². The molecule has 3 rings (SSSR count). The summed E-state index contributed by atoms with van der Waals surface area (Å²) in [5.41, 5.74) is 2.21. The van der Waals surface area contributed by atoms with Gasteiger partial charge in [-0.2, -0.15) is 0 Å². The number of nitrogens with zero attached hydrogens (tertiary/aromatic N) is 1. The van der Waals surface area contributed by atoms with Crippen molar-refractivity contribution in [1.82, 2.24) is 4.90 Å². The van der Waals surface area contributed by atoms with Crippen molar-refractivity contribution < 1.29 is 4.79 Å². The standard InChI is InChI=1S/C14H17ClN2O/c1-9-7-16-13-5-4-12(15)6-11(13)8-17(9)14(18)10-2-3-10/h4-6,9-10,16H,2-3,7-8H2,1H3/t9-/m0/s1. The van der Waals surface area contributed by atoms with Crippen LogP contribution in [-0.4, -0.2) is 23.4 Å². The van der Waals surface area contributed by atoms with Gasteiger partial charge in [-0.25, -0.2) is 0 Å². The van der Waals surface area contributed by atoms with Gasteiger partial charge >= 0.3 is 0 Å². The molecule has 96 valence electrons. The summed E-state index contributed by atoms with van der Waals surface area (Å²) >= 11 is 6.04. The molecule has 1 aliphatic carbocycles. The quantitative estimate of drug-likeness (QED) is 0.846. The lowest BCUT2D eigenvalue weighted by atomic mass is 10.1. The van der Waals surface area contributed by atoms with E-state index in [1.165, 1.54) is 0 Å². The van der Waals surface area contributed by atoms with Gasteiger partial charge in [0.25, 0.3) is 0 Å². The zero-order chi connectivity index (χ0) is 12.7. The van der Waals surface area contributed by atoms with Crippen LogP contribution in [0, 0.1) is 5.92 Å². The minimum Gasteiger partial charge on any atom is -0.383 e. The summed E-state index contributed by atoms with van der Waals surface area (Å²) in [7, 11) is 0. The number of carbonyl (C=O) groups excluding carboxylic acids is 1. The van der Waals surface area contributed by atoms with Crippen molar-refractivity contribution in [3.8, 4) is 0 Å². The molecule has 0 aromatic heterocycles. The van der Waals surface area contributed by atoms with Gasteiger partial charge in [-0.1, -0.05) is 11.6 Å². The molecule has 4 heteroatoms. The largest absolute Gasteiger partial charge is 0.383 e. The minimum absolute atomic E-state index is 0.226. The van der Waals surface area contributed by atoms with Gasteiger partial charge in [0.05, 0.1) is 0 Å². The molecule has 1 atom stereocenters. The number of carbonyl (C=O) groups is 1. The van der Waals surface area contributed by atoms with Gasteiger partial charge < -0.3 is 10.2 Å². The van der Waals surface area contributed by atoms with Crippen LogP contribution < -0.4 is 5.32 Å². The molecule has 0 radical (unpaired) electrons. The van der Waals surface area contributed by atoms with Crippen LogP contribution in [0.15, 0.2) is 18.2 Å². The Balaban J connectivity index is 1.89. The SMILES string of the molecule is C[C@H]1CNc2ccc(Cl)cc2CN1C(=O)C1CC1. The fraction of sp³-hybridized carbons (Fsp3) is 0.500. The van der Waals surface area contributed by atoms with E-state index < -0.39 is 0 Å². The Morgan fingerprint density at radius 2 is 2.22 bits per heavy atom. The zero-order valence-corrected chi connectivity index (χ0v) is 11.2. The number of hydrogen-bond donors (Lipinski definition) is 1. The Morgan fingerprint density at radius 1 is 1.44 bits per heavy atom. The van der Waals surface area contributed by atoms with E-state index in [9.17, 15) is 4.79 Å². The summed E-state index contributed by atoms with van der Waals surface area (Å²) in [5.74, 6) is 0.574. The Morgan fingerprint density at radius 3 is 2.94 bits per heavy atom. The predicted molar refractivity (Wildman–Crippen MR) is 72.7 cm³/mol. The molecule has 1 heterocycles. The van der Waals surface area contributed by atoms with Crippen molar-refractivity contribution in [1.29, 1.82) is 0 Å². The Bertz CT molecular complexity index is 485. The average molecular weight is 265 g/mol. The number of halogens is 1. The molecule has 1 fully saturated rings. The van der Waals surface area contributed by atoms with Crippen LogP contribution >= 0.6 is 11.6 Å². The lowest BCUT2D eigenvalue weighted by molar-refractivity contribution is -0.134. The number of rotatable bonds is 1. The molecule has 1 amide bonds. The molecule has 3 nitrogen and oxygen atoms in total. The number of hydrogen-bond acceptors (Lipinski definition) is 2. The average Bonchev–Trinajstić information content (AvgIpc) is 3.17. The van der Waals surface area contributed by atoms with E-state index in [2.05, 4.69) is 12.2 Å². The van der Waals surface area contributed by atoms with Crippen LogP contribution in [0.1, 0.15) is 25.3 Å². The Labute approximate surface area is 112 Å². The summed E-state index contributed by atoms with van der Waals surface area (Å²) in [6.45, 7) is 3.56. The number of fused-ring (bicyclic) bond motifs is 1. The Hall–Kier alpha value is -1.22. The first kappa shape index (κ1) is 11.8. The number of amides is 1. The zero-order valence-electron chi connectivity index (χ0n) is 10.4. The van der Waals surface area contributed by atoms with E-state index in [4.69, 9.17) is 11.6 Å². The molecule has 1 saturated carbocycles. The number of anilines is 1. The maximum absolute atomic E-state index is 12.3. The molecule has 0 spiro atoms. The Kier molecular flexibility index (Phi) is 2.94. The van der Waals surface area contributed by atoms with E-state index in [0.29, 0.717) is 12.5 Å². The van der Waals surface area contributed by atoms with E-state index in [-0.39, 0.29) is 12.0 Å². The summed E-state index contributed by atoms with van der Waals surface area (Å²) < 4.78 is 0. The third-order valence-corrected chi connectivity index (χ3v) is 3.97. The molecule has 0 unspecified atom stereocenters. The normalized spacial score (nSPS) is 23.0. The van der Waals surface area contributed by atoms with E-state index in [1.54, 1.807) is 0 Å². The molecule has 1 N–H and O–H groups in total. The first-order chi connectivity index (χ1) is 8.65. The lowest BCUT2D eigenvalue weighted by Crippen LogP contribution is -2.40. The second-order valence-electron chi connectivity index (χ2n) is 5.27. The molecule has 0 bridgehead atoms. The molecule has 18 heavy (non-hydrogen) atoms. The van der Waals surface area contributed by atoms with Crippen LogP contribution in [0.2, 0.25) is 5.02 Å². The molecule has 0 saturated heterocycles. The van der Waals surface area contributed by atoms with Crippen LogP contribution in [0.25, 0.3) is 0 Å². The summed E-state index contributed by atoms with van der Waals surface area (Å²) in [5, 5.41) is 4.12. The first-order valence-electron chi connectivity index (χ1n) is 6.48. The van der Waals surface area contributed by atoms with Crippen molar-refractivity contribution in [3.63, 3.8) is 0 Å². The van der Waals surface area contributed by atoms with Crippen LogP contribution in [-0.2, 0) is 11.3 Å². The van der Waals surface area contributed by atoms with E-state index in [1.807, 2.05) is 23.1 Å². The third kappa shape index (κ3) is 2.19. The highest BCUT2D eigenvalue weighted by molar-refractivity contribution is 6.30. The van der Waals surface area contributed by atoms with Crippen molar-refractivity contribution >= 4 is 23.2 Å². The smallest absolute Gasteiger partial charge is 0.226 e. The van der Waals surface area contributed by atoms with Crippen LogP contribution in [0.5, 0.6) is 0 Å². The lowest BCUT2D eigenvalue weighted by Gasteiger charge is -2.27. The topological polar surface area (TPSA) is 32.3 Å². The third-order valence-electron chi connectivity index (χ3n) is 3.74. The highest BCUT2D eigenvalue weighted by Gasteiger charge is 2.36. The highest BCUT2D eigenvalue weighted by Crippen LogP contribution is 2.34. The molecule has 2 aliphatic rings. The highest BCUT2D eigenvalue weighted by atomic mass is 35.5.